The fraction of sp³-hybridized carbons (Fsp3) is 0.167. The Morgan fingerprint density at radius 1 is 1.00 bits per heavy atom. The maximum atomic E-state index is 4.60. The lowest BCUT2D eigenvalue weighted by molar-refractivity contribution is 0.922. The van der Waals surface area contributed by atoms with Gasteiger partial charge in [0.2, 0.25) is 5.95 Å². The monoisotopic (exact) mass is 305 g/mol. The third-order valence-electron chi connectivity index (χ3n) is 3.60. The first-order valence-electron chi connectivity index (χ1n) is 7.63. The van der Waals surface area contributed by atoms with E-state index in [9.17, 15) is 0 Å². The Morgan fingerprint density at radius 2 is 1.74 bits per heavy atom. The van der Waals surface area contributed by atoms with Crippen molar-refractivity contribution < 1.29 is 0 Å². The number of rotatable bonds is 5. The van der Waals surface area contributed by atoms with Crippen LogP contribution in [0.25, 0.3) is 0 Å². The number of para-hydroxylation sites is 2. The third-order valence-corrected chi connectivity index (χ3v) is 3.60. The van der Waals surface area contributed by atoms with Crippen LogP contribution in [-0.2, 0) is 0 Å². The molecule has 0 saturated heterocycles. The second kappa shape index (κ2) is 6.87. The van der Waals surface area contributed by atoms with E-state index < -0.39 is 0 Å². The smallest absolute Gasteiger partial charge is 0.249 e. The number of aryl methyl sites for hydroxylation is 1. The van der Waals surface area contributed by atoms with Gasteiger partial charge in [-0.25, -0.2) is 0 Å². The molecular weight excluding hydrogens is 286 g/mol. The zero-order valence-electron chi connectivity index (χ0n) is 13.3. The average Bonchev–Trinajstić information content (AvgIpc) is 2.59. The summed E-state index contributed by atoms with van der Waals surface area (Å²) < 4.78 is 0. The van der Waals surface area contributed by atoms with E-state index in [0.717, 1.165) is 29.3 Å². The number of benzene rings is 2. The lowest BCUT2D eigenvalue weighted by atomic mass is 10.2. The van der Waals surface area contributed by atoms with Gasteiger partial charge >= 0.3 is 0 Å². The van der Waals surface area contributed by atoms with Crippen LogP contribution in [0.2, 0.25) is 0 Å². The van der Waals surface area contributed by atoms with E-state index in [2.05, 4.69) is 44.5 Å². The molecule has 5 heteroatoms. The van der Waals surface area contributed by atoms with Gasteiger partial charge in [0.1, 0.15) is 0 Å². The van der Waals surface area contributed by atoms with E-state index in [4.69, 9.17) is 0 Å². The van der Waals surface area contributed by atoms with Crippen LogP contribution in [0.1, 0.15) is 12.5 Å². The average molecular weight is 305 g/mol. The Labute approximate surface area is 136 Å². The Kier molecular flexibility index (Phi) is 4.47. The Hall–Kier alpha value is -2.95. The summed E-state index contributed by atoms with van der Waals surface area (Å²) in [5, 5.41) is 11.4. The maximum absolute atomic E-state index is 4.60. The van der Waals surface area contributed by atoms with Gasteiger partial charge in [0, 0.05) is 17.9 Å². The van der Waals surface area contributed by atoms with Crippen molar-refractivity contribution in [3.05, 3.63) is 66.4 Å². The highest BCUT2D eigenvalue weighted by atomic mass is 15.3. The summed E-state index contributed by atoms with van der Waals surface area (Å²) in [6.07, 6.45) is 1.68. The van der Waals surface area contributed by atoms with Crippen LogP contribution in [0.4, 0.5) is 23.1 Å². The second-order valence-electron chi connectivity index (χ2n) is 5.16. The first-order chi connectivity index (χ1) is 11.3. The van der Waals surface area contributed by atoms with Crippen molar-refractivity contribution in [2.45, 2.75) is 13.8 Å². The zero-order chi connectivity index (χ0) is 16.1. The summed E-state index contributed by atoms with van der Waals surface area (Å²) in [6.45, 7) is 4.93. The molecule has 1 aromatic heterocycles. The summed E-state index contributed by atoms with van der Waals surface area (Å²) in [5.41, 5.74) is 3.20. The number of aromatic nitrogens is 3. The molecule has 0 radical (unpaired) electrons. The molecule has 0 spiro atoms. The minimum Gasteiger partial charge on any atom is -0.325 e. The van der Waals surface area contributed by atoms with Gasteiger partial charge in [-0.3, -0.25) is 0 Å². The van der Waals surface area contributed by atoms with Gasteiger partial charge < -0.3 is 10.2 Å². The van der Waals surface area contributed by atoms with Crippen molar-refractivity contribution >= 4 is 23.1 Å². The number of nitrogens with one attached hydrogen (secondary N) is 1. The fourth-order valence-corrected chi connectivity index (χ4v) is 2.40. The Bertz CT molecular complexity index is 773. The molecule has 0 bridgehead atoms. The van der Waals surface area contributed by atoms with Crippen LogP contribution >= 0.6 is 0 Å². The van der Waals surface area contributed by atoms with Crippen molar-refractivity contribution in [2.75, 3.05) is 16.8 Å². The van der Waals surface area contributed by atoms with Crippen LogP contribution in [0, 0.1) is 6.92 Å². The van der Waals surface area contributed by atoms with Crippen molar-refractivity contribution in [2.24, 2.45) is 0 Å². The van der Waals surface area contributed by atoms with Crippen LogP contribution in [0.15, 0.2) is 60.8 Å². The first-order valence-corrected chi connectivity index (χ1v) is 7.63. The van der Waals surface area contributed by atoms with E-state index in [1.165, 1.54) is 0 Å². The molecule has 0 aliphatic rings. The van der Waals surface area contributed by atoms with Crippen molar-refractivity contribution in [3.63, 3.8) is 0 Å². The number of hydrogen-bond acceptors (Lipinski definition) is 5. The molecule has 116 valence electrons. The van der Waals surface area contributed by atoms with Gasteiger partial charge in [-0.15, -0.1) is 5.10 Å². The van der Waals surface area contributed by atoms with E-state index in [0.29, 0.717) is 5.95 Å². The molecule has 0 saturated carbocycles. The van der Waals surface area contributed by atoms with Crippen molar-refractivity contribution in [1.82, 2.24) is 15.2 Å². The highest BCUT2D eigenvalue weighted by Crippen LogP contribution is 2.24. The summed E-state index contributed by atoms with van der Waals surface area (Å²) in [7, 11) is 0. The van der Waals surface area contributed by atoms with Crippen LogP contribution in [0.5, 0.6) is 0 Å². The first kappa shape index (κ1) is 15.0. The van der Waals surface area contributed by atoms with Crippen LogP contribution in [-0.4, -0.2) is 21.7 Å². The zero-order valence-corrected chi connectivity index (χ0v) is 13.3. The van der Waals surface area contributed by atoms with E-state index in [-0.39, 0.29) is 0 Å². The van der Waals surface area contributed by atoms with Crippen LogP contribution in [0.3, 0.4) is 0 Å². The molecule has 23 heavy (non-hydrogen) atoms. The Morgan fingerprint density at radius 3 is 2.48 bits per heavy atom. The molecule has 0 aliphatic carbocycles. The minimum absolute atomic E-state index is 0.492. The van der Waals surface area contributed by atoms with Gasteiger partial charge in [-0.1, -0.05) is 36.4 Å². The van der Waals surface area contributed by atoms with Crippen LogP contribution < -0.4 is 10.2 Å². The molecule has 0 amide bonds. The molecule has 0 atom stereocenters. The second-order valence-corrected chi connectivity index (χ2v) is 5.16. The molecule has 2 aromatic carbocycles. The summed E-state index contributed by atoms with van der Waals surface area (Å²) in [4.78, 5) is 6.69. The molecule has 1 heterocycles. The maximum Gasteiger partial charge on any atom is 0.249 e. The molecule has 1 N–H and O–H groups in total. The number of nitrogens with zero attached hydrogens (tertiary/aromatic N) is 4. The van der Waals surface area contributed by atoms with Gasteiger partial charge in [-0.2, -0.15) is 10.1 Å². The summed E-state index contributed by atoms with van der Waals surface area (Å²) in [6, 6.07) is 18.2. The summed E-state index contributed by atoms with van der Waals surface area (Å²) >= 11 is 0. The van der Waals surface area contributed by atoms with Crippen molar-refractivity contribution in [1.29, 1.82) is 0 Å². The Balaban J connectivity index is 1.89. The topological polar surface area (TPSA) is 53.9 Å². The van der Waals surface area contributed by atoms with Gasteiger partial charge in [0.15, 0.2) is 5.82 Å². The predicted octanol–water partition coefficient (Wildman–Crippen LogP) is 4.08. The van der Waals surface area contributed by atoms with E-state index >= 15 is 0 Å². The normalized spacial score (nSPS) is 10.3. The van der Waals surface area contributed by atoms with E-state index in [1.54, 1.807) is 6.20 Å². The highest BCUT2D eigenvalue weighted by Gasteiger charge is 2.10. The minimum atomic E-state index is 0.492. The largest absolute Gasteiger partial charge is 0.325 e. The predicted molar refractivity (Wildman–Crippen MR) is 93.4 cm³/mol. The molecule has 0 aliphatic heterocycles. The molecular formula is C18H19N5. The molecule has 0 unspecified atom stereocenters. The molecule has 0 fully saturated rings. The quantitative estimate of drug-likeness (QED) is 0.769. The standard InChI is InChI=1S/C18H19N5/c1-3-23(15-10-5-4-6-11-15)17-13-19-22-18(21-17)20-16-12-8-7-9-14(16)2/h4-13H,3H2,1-2H3,(H,20,21,22). The van der Waals surface area contributed by atoms with Gasteiger partial charge in [0.25, 0.3) is 0 Å². The van der Waals surface area contributed by atoms with E-state index in [1.807, 2.05) is 49.4 Å². The SMILES string of the molecule is CCN(c1ccccc1)c1cnnc(Nc2ccccc2C)n1. The lowest BCUT2D eigenvalue weighted by Gasteiger charge is -2.21. The van der Waals surface area contributed by atoms with Crippen molar-refractivity contribution in [3.8, 4) is 0 Å². The van der Waals surface area contributed by atoms with Gasteiger partial charge in [-0.05, 0) is 37.6 Å². The molecule has 3 aromatic rings. The highest BCUT2D eigenvalue weighted by molar-refractivity contribution is 5.62. The number of hydrogen-bond donors (Lipinski definition) is 1. The molecule has 5 nitrogen and oxygen atoms in total. The fourth-order valence-electron chi connectivity index (χ4n) is 2.40. The van der Waals surface area contributed by atoms with Gasteiger partial charge in [0.05, 0.1) is 6.20 Å². The third kappa shape index (κ3) is 3.45. The summed E-state index contributed by atoms with van der Waals surface area (Å²) in [5.74, 6) is 1.26. The lowest BCUT2D eigenvalue weighted by Crippen LogP contribution is -2.18. The molecule has 3 rings (SSSR count). The number of anilines is 4.